The fraction of sp³-hybridized carbons (Fsp3) is 0.400. The second kappa shape index (κ2) is 8.06. The van der Waals surface area contributed by atoms with E-state index in [-0.39, 0.29) is 11.8 Å². The van der Waals surface area contributed by atoms with Gasteiger partial charge in [-0.25, -0.2) is 0 Å². The average molecular weight is 379 g/mol. The molecule has 0 spiro atoms. The number of aromatic hydroxyl groups is 1. The summed E-state index contributed by atoms with van der Waals surface area (Å²) in [5.41, 5.74) is 3.29. The Balaban J connectivity index is 2.10. The number of phenols is 1. The predicted molar refractivity (Wildman–Crippen MR) is 101 cm³/mol. The fourth-order valence-electron chi connectivity index (χ4n) is 3.45. The molecule has 3 rings (SSSR count). The molecule has 1 atom stereocenters. The maximum atomic E-state index is 9.96. The summed E-state index contributed by atoms with van der Waals surface area (Å²) in [7, 11) is 1.53. The van der Waals surface area contributed by atoms with Crippen molar-refractivity contribution in [1.82, 2.24) is 0 Å². The molecule has 0 unspecified atom stereocenters. The molecule has 0 aromatic heterocycles. The van der Waals surface area contributed by atoms with Crippen LogP contribution in [0.3, 0.4) is 0 Å². The van der Waals surface area contributed by atoms with Crippen molar-refractivity contribution in [2.45, 2.75) is 26.3 Å². The van der Waals surface area contributed by atoms with E-state index in [0.717, 1.165) is 35.6 Å². The highest BCUT2D eigenvalue weighted by atomic mass is 35.5. The highest BCUT2D eigenvalue weighted by Crippen LogP contribution is 2.40. The lowest BCUT2D eigenvalue weighted by molar-refractivity contribution is -0.690. The first-order valence-electron chi connectivity index (χ1n) is 8.91. The summed E-state index contributed by atoms with van der Waals surface area (Å²) in [4.78, 5) is 0. The van der Waals surface area contributed by atoms with Crippen molar-refractivity contribution in [3.63, 3.8) is 0 Å². The Kier molecular flexibility index (Phi) is 5.79. The normalized spacial score (nSPS) is 16.1. The van der Waals surface area contributed by atoms with Crippen LogP contribution in [0.5, 0.6) is 23.0 Å². The average Bonchev–Trinajstić information content (AvgIpc) is 2.62. The van der Waals surface area contributed by atoms with Gasteiger partial charge in [-0.2, -0.15) is 0 Å². The lowest BCUT2D eigenvalue weighted by atomic mass is 9.89. The monoisotopic (exact) mass is 378 g/mol. The standard InChI is InChI=1S/C20H24ClNO4/c1-4-25-18-8-12-6-7-22-20(13(12)9-19(18)26-5-2)14-10-17(24-3)16(23)11-15(14)21/h8-11,20,22-23H,4-7H2,1-3H3/p+1/t20-/m0/s1. The molecule has 0 bridgehead atoms. The molecule has 1 aliphatic rings. The van der Waals surface area contributed by atoms with E-state index in [1.165, 1.54) is 18.7 Å². The molecule has 26 heavy (non-hydrogen) atoms. The molecule has 2 aromatic carbocycles. The second-order valence-corrected chi connectivity index (χ2v) is 6.57. The van der Waals surface area contributed by atoms with E-state index in [4.69, 9.17) is 25.8 Å². The van der Waals surface area contributed by atoms with E-state index >= 15 is 0 Å². The Bertz CT molecular complexity index is 794. The number of halogens is 1. The molecule has 0 aliphatic carbocycles. The van der Waals surface area contributed by atoms with Crippen LogP contribution < -0.4 is 19.5 Å². The zero-order valence-electron chi connectivity index (χ0n) is 15.3. The van der Waals surface area contributed by atoms with Crippen LogP contribution in [0.25, 0.3) is 0 Å². The minimum atomic E-state index is 0.00985. The van der Waals surface area contributed by atoms with Crippen LogP contribution in [-0.2, 0) is 6.42 Å². The summed E-state index contributed by atoms with van der Waals surface area (Å²) < 4.78 is 16.8. The lowest BCUT2D eigenvalue weighted by Crippen LogP contribution is -2.87. The number of hydrogen-bond donors (Lipinski definition) is 2. The van der Waals surface area contributed by atoms with Crippen LogP contribution in [0.1, 0.15) is 36.6 Å². The molecule has 0 saturated carbocycles. The van der Waals surface area contributed by atoms with Crippen LogP contribution >= 0.6 is 11.6 Å². The molecule has 6 heteroatoms. The Morgan fingerprint density at radius 1 is 1.04 bits per heavy atom. The first-order chi connectivity index (χ1) is 12.6. The third-order valence-electron chi connectivity index (χ3n) is 4.59. The number of ether oxygens (including phenoxy) is 3. The predicted octanol–water partition coefficient (Wildman–Crippen LogP) is 3.06. The summed E-state index contributed by atoms with van der Waals surface area (Å²) in [6, 6.07) is 7.49. The van der Waals surface area contributed by atoms with E-state index < -0.39 is 0 Å². The Labute approximate surface area is 158 Å². The van der Waals surface area contributed by atoms with E-state index in [2.05, 4.69) is 17.4 Å². The molecular formula is C20H25ClNO4+. The van der Waals surface area contributed by atoms with Crippen molar-refractivity contribution in [1.29, 1.82) is 0 Å². The Hall–Kier alpha value is -2.11. The number of rotatable bonds is 6. The van der Waals surface area contributed by atoms with Gasteiger partial charge >= 0.3 is 0 Å². The summed E-state index contributed by atoms with van der Waals surface area (Å²) in [5, 5.41) is 12.7. The quantitative estimate of drug-likeness (QED) is 0.810. The molecule has 0 saturated heterocycles. The molecule has 1 heterocycles. The summed E-state index contributed by atoms with van der Waals surface area (Å²) in [6.45, 7) is 6.03. The van der Waals surface area contributed by atoms with Crippen LogP contribution in [0, 0.1) is 0 Å². The number of phenolic OH excluding ortho intramolecular Hbond substituents is 1. The van der Waals surface area contributed by atoms with Crippen molar-refractivity contribution in [3.05, 3.63) is 46.0 Å². The van der Waals surface area contributed by atoms with E-state index in [9.17, 15) is 5.11 Å². The van der Waals surface area contributed by atoms with Gasteiger partial charge in [0, 0.05) is 23.6 Å². The molecule has 3 N–H and O–H groups in total. The molecule has 2 aromatic rings. The Morgan fingerprint density at radius 3 is 2.35 bits per heavy atom. The third kappa shape index (κ3) is 3.55. The topological polar surface area (TPSA) is 64.5 Å². The van der Waals surface area contributed by atoms with Crippen LogP contribution in [0.4, 0.5) is 0 Å². The summed E-state index contributed by atoms with van der Waals surface area (Å²) >= 11 is 6.45. The Morgan fingerprint density at radius 2 is 1.69 bits per heavy atom. The molecular weight excluding hydrogens is 354 g/mol. The molecule has 0 fully saturated rings. The highest BCUT2D eigenvalue weighted by molar-refractivity contribution is 6.31. The maximum absolute atomic E-state index is 9.96. The molecule has 140 valence electrons. The number of hydrogen-bond acceptors (Lipinski definition) is 4. The molecule has 1 aliphatic heterocycles. The van der Waals surface area contributed by atoms with Crippen molar-refractivity contribution in [2.24, 2.45) is 0 Å². The second-order valence-electron chi connectivity index (χ2n) is 6.16. The van der Waals surface area contributed by atoms with E-state index in [0.29, 0.717) is 24.0 Å². The van der Waals surface area contributed by atoms with Crippen molar-refractivity contribution >= 4 is 11.6 Å². The number of methoxy groups -OCH3 is 1. The van der Waals surface area contributed by atoms with Crippen LogP contribution in [-0.4, -0.2) is 32.0 Å². The van der Waals surface area contributed by atoms with Gasteiger partial charge < -0.3 is 24.6 Å². The highest BCUT2D eigenvalue weighted by Gasteiger charge is 2.30. The van der Waals surface area contributed by atoms with Gasteiger partial charge in [0.2, 0.25) is 0 Å². The number of fused-ring (bicyclic) bond motifs is 1. The van der Waals surface area contributed by atoms with Gasteiger partial charge in [-0.05, 0) is 37.6 Å². The van der Waals surface area contributed by atoms with Gasteiger partial charge in [0.15, 0.2) is 23.0 Å². The molecule has 0 amide bonds. The largest absolute Gasteiger partial charge is 0.504 e. The van der Waals surface area contributed by atoms with Crippen LogP contribution in [0.15, 0.2) is 24.3 Å². The summed E-state index contributed by atoms with van der Waals surface area (Å²) in [5.74, 6) is 1.98. The molecule has 5 nitrogen and oxygen atoms in total. The zero-order chi connectivity index (χ0) is 18.7. The minimum absolute atomic E-state index is 0.00985. The van der Waals surface area contributed by atoms with Gasteiger partial charge in [-0.15, -0.1) is 0 Å². The van der Waals surface area contributed by atoms with E-state index in [1.54, 1.807) is 0 Å². The van der Waals surface area contributed by atoms with E-state index in [1.807, 2.05) is 19.9 Å². The molecule has 0 radical (unpaired) electrons. The van der Waals surface area contributed by atoms with Crippen molar-refractivity contribution in [3.8, 4) is 23.0 Å². The minimum Gasteiger partial charge on any atom is -0.504 e. The van der Waals surface area contributed by atoms with Gasteiger partial charge in [0.1, 0.15) is 6.04 Å². The van der Waals surface area contributed by atoms with Crippen LogP contribution in [0.2, 0.25) is 5.02 Å². The van der Waals surface area contributed by atoms with Crippen molar-refractivity contribution < 1.29 is 24.6 Å². The zero-order valence-corrected chi connectivity index (χ0v) is 16.1. The smallest absolute Gasteiger partial charge is 0.161 e. The number of quaternary nitrogens is 1. The lowest BCUT2D eigenvalue weighted by Gasteiger charge is -2.27. The first-order valence-corrected chi connectivity index (χ1v) is 9.28. The maximum Gasteiger partial charge on any atom is 0.161 e. The fourth-order valence-corrected chi connectivity index (χ4v) is 3.72. The third-order valence-corrected chi connectivity index (χ3v) is 4.92. The number of benzene rings is 2. The first kappa shape index (κ1) is 18.7. The number of nitrogens with two attached hydrogens (primary N) is 1. The van der Waals surface area contributed by atoms with Gasteiger partial charge in [-0.1, -0.05) is 11.6 Å². The summed E-state index contributed by atoms with van der Waals surface area (Å²) in [6.07, 6.45) is 0.950. The van der Waals surface area contributed by atoms with Gasteiger partial charge in [0.05, 0.1) is 31.9 Å². The SMILES string of the molecule is CCOc1cc2c(cc1OCC)[C@@H](c1cc(OC)c(O)cc1Cl)[NH2+]CC2. The van der Waals surface area contributed by atoms with Gasteiger partial charge in [0.25, 0.3) is 0 Å². The van der Waals surface area contributed by atoms with Crippen molar-refractivity contribution in [2.75, 3.05) is 26.9 Å². The van der Waals surface area contributed by atoms with Gasteiger partial charge in [-0.3, -0.25) is 0 Å².